The molecule has 0 radical (unpaired) electrons. The zero-order valence-corrected chi connectivity index (χ0v) is 10.3. The molecule has 0 bridgehead atoms. The third-order valence-corrected chi connectivity index (χ3v) is 3.33. The largest absolute Gasteiger partial charge is 0.367 e. The number of halogens is 3. The van der Waals surface area contributed by atoms with Crippen molar-refractivity contribution < 1.29 is 13.2 Å². The fourth-order valence-electron chi connectivity index (χ4n) is 2.25. The molecule has 2 nitrogen and oxygen atoms in total. The second-order valence-electron chi connectivity index (χ2n) is 4.55. The van der Waals surface area contributed by atoms with E-state index in [4.69, 9.17) is 0 Å². The van der Waals surface area contributed by atoms with Gasteiger partial charge in [-0.2, -0.15) is 0 Å². The van der Waals surface area contributed by atoms with Gasteiger partial charge in [-0.05, 0) is 31.5 Å². The summed E-state index contributed by atoms with van der Waals surface area (Å²) in [7, 11) is 0. The summed E-state index contributed by atoms with van der Waals surface area (Å²) in [4.78, 5) is 1.78. The predicted octanol–water partition coefficient (Wildman–Crippen LogP) is 2.68. The molecule has 1 aromatic rings. The van der Waals surface area contributed by atoms with E-state index in [1.54, 1.807) is 4.90 Å². The minimum atomic E-state index is -1.39. The van der Waals surface area contributed by atoms with E-state index in [0.29, 0.717) is 13.1 Å². The molecule has 2 rings (SSSR count). The second-order valence-corrected chi connectivity index (χ2v) is 4.55. The molecule has 1 aliphatic heterocycles. The number of benzene rings is 1. The number of anilines is 1. The van der Waals surface area contributed by atoms with Crippen LogP contribution in [-0.2, 0) is 0 Å². The first-order valence-electron chi connectivity index (χ1n) is 6.25. The van der Waals surface area contributed by atoms with Gasteiger partial charge in [0.25, 0.3) is 0 Å². The highest BCUT2D eigenvalue weighted by Crippen LogP contribution is 2.24. The van der Waals surface area contributed by atoms with Crippen molar-refractivity contribution in [1.29, 1.82) is 0 Å². The SMILES string of the molecule is CCC1CN(c2ccc(F)c(F)c2F)CCCN1. The van der Waals surface area contributed by atoms with Crippen LogP contribution in [0.1, 0.15) is 19.8 Å². The quantitative estimate of drug-likeness (QED) is 0.820. The van der Waals surface area contributed by atoms with Gasteiger partial charge >= 0.3 is 0 Å². The molecule has 1 saturated heterocycles. The minimum Gasteiger partial charge on any atom is -0.367 e. The molecule has 1 aromatic carbocycles. The maximum Gasteiger partial charge on any atom is 0.196 e. The van der Waals surface area contributed by atoms with Gasteiger partial charge < -0.3 is 10.2 Å². The van der Waals surface area contributed by atoms with E-state index in [9.17, 15) is 13.2 Å². The van der Waals surface area contributed by atoms with Crippen molar-refractivity contribution in [3.05, 3.63) is 29.6 Å². The highest BCUT2D eigenvalue weighted by atomic mass is 19.2. The van der Waals surface area contributed by atoms with Gasteiger partial charge in [-0.25, -0.2) is 13.2 Å². The highest BCUT2D eigenvalue weighted by molar-refractivity contribution is 5.48. The van der Waals surface area contributed by atoms with E-state index >= 15 is 0 Å². The van der Waals surface area contributed by atoms with Gasteiger partial charge in [0.15, 0.2) is 17.5 Å². The fraction of sp³-hybridized carbons (Fsp3) is 0.538. The first-order valence-corrected chi connectivity index (χ1v) is 6.25. The molecule has 0 amide bonds. The van der Waals surface area contributed by atoms with Crippen molar-refractivity contribution in [3.8, 4) is 0 Å². The summed E-state index contributed by atoms with van der Waals surface area (Å²) in [5, 5.41) is 3.34. The molecule has 0 aromatic heterocycles. The molecular weight excluding hydrogens is 241 g/mol. The van der Waals surface area contributed by atoms with Crippen LogP contribution in [0.3, 0.4) is 0 Å². The Morgan fingerprint density at radius 1 is 1.28 bits per heavy atom. The van der Waals surface area contributed by atoms with E-state index in [-0.39, 0.29) is 11.7 Å². The van der Waals surface area contributed by atoms with Crippen LogP contribution in [0.4, 0.5) is 18.9 Å². The molecule has 18 heavy (non-hydrogen) atoms. The zero-order chi connectivity index (χ0) is 13.1. The first kappa shape index (κ1) is 13.2. The molecule has 1 atom stereocenters. The van der Waals surface area contributed by atoms with Crippen LogP contribution in [0.2, 0.25) is 0 Å². The van der Waals surface area contributed by atoms with Gasteiger partial charge in [0.1, 0.15) is 0 Å². The lowest BCUT2D eigenvalue weighted by molar-refractivity contribution is 0.445. The van der Waals surface area contributed by atoms with Crippen molar-refractivity contribution in [2.75, 3.05) is 24.5 Å². The molecule has 1 aliphatic rings. The molecular formula is C13H17F3N2. The van der Waals surface area contributed by atoms with Crippen molar-refractivity contribution in [2.24, 2.45) is 0 Å². The molecule has 0 spiro atoms. The molecule has 0 aliphatic carbocycles. The highest BCUT2D eigenvalue weighted by Gasteiger charge is 2.22. The Hall–Kier alpha value is -1.23. The maximum absolute atomic E-state index is 13.7. The second kappa shape index (κ2) is 5.61. The molecule has 5 heteroatoms. The van der Waals surface area contributed by atoms with Gasteiger partial charge in [-0.15, -0.1) is 0 Å². The summed E-state index contributed by atoms with van der Waals surface area (Å²) in [6.07, 6.45) is 1.77. The van der Waals surface area contributed by atoms with Crippen molar-refractivity contribution >= 4 is 5.69 Å². The Morgan fingerprint density at radius 2 is 2.06 bits per heavy atom. The van der Waals surface area contributed by atoms with Crippen LogP contribution in [0.15, 0.2) is 12.1 Å². The zero-order valence-electron chi connectivity index (χ0n) is 10.3. The van der Waals surface area contributed by atoms with Crippen LogP contribution in [0.5, 0.6) is 0 Å². The lowest BCUT2D eigenvalue weighted by Crippen LogP contribution is -2.37. The first-order chi connectivity index (χ1) is 8.63. The lowest BCUT2D eigenvalue weighted by atomic mass is 10.2. The van der Waals surface area contributed by atoms with E-state index in [2.05, 4.69) is 5.32 Å². The van der Waals surface area contributed by atoms with Crippen LogP contribution < -0.4 is 10.2 Å². The summed E-state index contributed by atoms with van der Waals surface area (Å²) < 4.78 is 39.9. The summed E-state index contributed by atoms with van der Waals surface area (Å²) >= 11 is 0. The van der Waals surface area contributed by atoms with Crippen molar-refractivity contribution in [2.45, 2.75) is 25.8 Å². The van der Waals surface area contributed by atoms with Crippen LogP contribution in [0, 0.1) is 17.5 Å². The van der Waals surface area contributed by atoms with Crippen LogP contribution in [0.25, 0.3) is 0 Å². The standard InChI is InChI=1S/C13H17F3N2/c1-2-9-8-18(7-3-6-17-9)11-5-4-10(14)12(15)13(11)16/h4-5,9,17H,2-3,6-8H2,1H3. The number of nitrogens with zero attached hydrogens (tertiary/aromatic N) is 1. The Kier molecular flexibility index (Phi) is 4.11. The Bertz CT molecular complexity index is 423. The van der Waals surface area contributed by atoms with Gasteiger partial charge in [0.05, 0.1) is 5.69 Å². The van der Waals surface area contributed by atoms with Crippen molar-refractivity contribution in [3.63, 3.8) is 0 Å². The number of hydrogen-bond acceptors (Lipinski definition) is 2. The Labute approximate surface area is 105 Å². The van der Waals surface area contributed by atoms with Crippen LogP contribution in [-0.4, -0.2) is 25.7 Å². The molecule has 100 valence electrons. The maximum atomic E-state index is 13.7. The molecule has 1 unspecified atom stereocenters. The minimum absolute atomic E-state index is 0.149. The average molecular weight is 258 g/mol. The molecule has 1 fully saturated rings. The Morgan fingerprint density at radius 3 is 2.78 bits per heavy atom. The third kappa shape index (κ3) is 2.61. The smallest absolute Gasteiger partial charge is 0.196 e. The van der Waals surface area contributed by atoms with Gasteiger partial charge in [-0.3, -0.25) is 0 Å². The molecule has 1 heterocycles. The summed E-state index contributed by atoms with van der Waals surface area (Å²) in [5.74, 6) is -3.62. The summed E-state index contributed by atoms with van der Waals surface area (Å²) in [6, 6.07) is 2.54. The monoisotopic (exact) mass is 258 g/mol. The predicted molar refractivity (Wildman–Crippen MR) is 65.2 cm³/mol. The van der Waals surface area contributed by atoms with E-state index in [0.717, 1.165) is 25.5 Å². The lowest BCUT2D eigenvalue weighted by Gasteiger charge is -2.26. The number of hydrogen-bond donors (Lipinski definition) is 1. The average Bonchev–Trinajstić information content (AvgIpc) is 2.61. The van der Waals surface area contributed by atoms with E-state index in [1.807, 2.05) is 6.92 Å². The van der Waals surface area contributed by atoms with Gasteiger partial charge in [0, 0.05) is 19.1 Å². The van der Waals surface area contributed by atoms with Gasteiger partial charge in [-0.1, -0.05) is 6.92 Å². The summed E-state index contributed by atoms with van der Waals surface area (Å²) in [6.45, 7) is 4.16. The van der Waals surface area contributed by atoms with Gasteiger partial charge in [0.2, 0.25) is 0 Å². The number of rotatable bonds is 2. The summed E-state index contributed by atoms with van der Waals surface area (Å²) in [5.41, 5.74) is 0.149. The Balaban J connectivity index is 2.27. The normalized spacial score (nSPS) is 20.9. The van der Waals surface area contributed by atoms with E-state index < -0.39 is 17.5 Å². The van der Waals surface area contributed by atoms with E-state index in [1.165, 1.54) is 6.07 Å². The molecule has 0 saturated carbocycles. The topological polar surface area (TPSA) is 15.3 Å². The fourth-order valence-corrected chi connectivity index (χ4v) is 2.25. The molecule has 1 N–H and O–H groups in total. The number of nitrogens with one attached hydrogen (secondary N) is 1. The van der Waals surface area contributed by atoms with Crippen LogP contribution >= 0.6 is 0 Å². The van der Waals surface area contributed by atoms with Crippen molar-refractivity contribution in [1.82, 2.24) is 5.32 Å². The third-order valence-electron chi connectivity index (χ3n) is 3.33.